The van der Waals surface area contributed by atoms with E-state index in [2.05, 4.69) is 6.08 Å². The molecule has 0 saturated heterocycles. The summed E-state index contributed by atoms with van der Waals surface area (Å²) in [6, 6.07) is 0. The van der Waals surface area contributed by atoms with Gasteiger partial charge < -0.3 is 5.11 Å². The molecule has 0 aromatic rings. The molecule has 44 valence electrons. The molecular formula is C6H11BO. The van der Waals surface area contributed by atoms with Crippen molar-refractivity contribution >= 4 is 7.85 Å². The summed E-state index contributed by atoms with van der Waals surface area (Å²) < 4.78 is 0. The zero-order valence-corrected chi connectivity index (χ0v) is 5.22. The van der Waals surface area contributed by atoms with Crippen molar-refractivity contribution in [1.29, 1.82) is 0 Å². The van der Waals surface area contributed by atoms with Crippen LogP contribution in [-0.2, 0) is 0 Å². The summed E-state index contributed by atoms with van der Waals surface area (Å²) in [7, 11) is 1.99. The van der Waals surface area contributed by atoms with Crippen LogP contribution in [0.25, 0.3) is 0 Å². The molecule has 8 heavy (non-hydrogen) atoms. The zero-order chi connectivity index (χ0) is 5.98. The highest BCUT2D eigenvalue weighted by atomic mass is 16.3. The van der Waals surface area contributed by atoms with Gasteiger partial charge in [0, 0.05) is 0 Å². The summed E-state index contributed by atoms with van der Waals surface area (Å²) in [6.45, 7) is 0. The van der Waals surface area contributed by atoms with E-state index in [9.17, 15) is 0 Å². The Bertz CT molecular complexity index is 109. The van der Waals surface area contributed by atoms with Gasteiger partial charge in [0.2, 0.25) is 0 Å². The molecule has 1 aliphatic rings. The van der Waals surface area contributed by atoms with Crippen LogP contribution in [0.2, 0.25) is 0 Å². The first-order valence-electron chi connectivity index (χ1n) is 3.15. The molecule has 1 rings (SSSR count). The fourth-order valence-electron chi connectivity index (χ4n) is 1.00. The van der Waals surface area contributed by atoms with E-state index >= 15 is 0 Å². The maximum Gasteiger partial charge on any atom is 0.136 e. The van der Waals surface area contributed by atoms with Gasteiger partial charge in [0.15, 0.2) is 0 Å². The first-order valence-corrected chi connectivity index (χ1v) is 3.15. The molecule has 2 heteroatoms. The lowest BCUT2D eigenvalue weighted by atomic mass is 9.83. The van der Waals surface area contributed by atoms with Crippen molar-refractivity contribution in [3.05, 3.63) is 11.5 Å². The fourth-order valence-corrected chi connectivity index (χ4v) is 1.00. The van der Waals surface area contributed by atoms with Crippen molar-refractivity contribution in [1.82, 2.24) is 0 Å². The average Bonchev–Trinajstić information content (AvgIpc) is 1.77. The molecule has 0 radical (unpaired) electrons. The molecule has 1 N–H and O–H groups in total. The van der Waals surface area contributed by atoms with Crippen LogP contribution in [0.4, 0.5) is 0 Å². The molecule has 0 fully saturated rings. The molecule has 0 aliphatic heterocycles. The Labute approximate surface area is 50.8 Å². The van der Waals surface area contributed by atoms with Crippen LogP contribution in [-0.4, -0.2) is 19.1 Å². The molecular weight excluding hydrogens is 98.9 g/mol. The van der Waals surface area contributed by atoms with Gasteiger partial charge >= 0.3 is 0 Å². The number of hydrogen-bond acceptors (Lipinski definition) is 1. The molecule has 0 unspecified atom stereocenters. The van der Waals surface area contributed by atoms with Crippen LogP contribution in [0, 0.1) is 0 Å². The zero-order valence-electron chi connectivity index (χ0n) is 5.22. The van der Waals surface area contributed by atoms with Gasteiger partial charge in [-0.3, -0.25) is 0 Å². The standard InChI is InChI=1S/C6H11BO/c7-5-3-1-2-4-6(5)8/h3,6,8H,1-2,4,7H2/t6-/m1/s1. The van der Waals surface area contributed by atoms with Crippen LogP contribution in [0.15, 0.2) is 11.5 Å². The summed E-state index contributed by atoms with van der Waals surface area (Å²) in [5.41, 5.74) is 1.15. The van der Waals surface area contributed by atoms with Gasteiger partial charge in [-0.05, 0) is 19.3 Å². The predicted octanol–water partition coefficient (Wildman–Crippen LogP) is 0.0482. The minimum absolute atomic E-state index is 0.135. The molecule has 0 bridgehead atoms. The second-order valence-electron chi connectivity index (χ2n) is 2.39. The van der Waals surface area contributed by atoms with Crippen molar-refractivity contribution < 1.29 is 5.11 Å². The second kappa shape index (κ2) is 2.36. The Hall–Kier alpha value is -0.235. The molecule has 0 amide bonds. The Balaban J connectivity index is 2.53. The Morgan fingerprint density at radius 2 is 2.50 bits per heavy atom. The molecule has 0 aromatic heterocycles. The first kappa shape index (κ1) is 5.89. The lowest BCUT2D eigenvalue weighted by Crippen LogP contribution is -2.13. The highest BCUT2D eigenvalue weighted by Gasteiger charge is 2.08. The Morgan fingerprint density at radius 1 is 1.75 bits per heavy atom. The van der Waals surface area contributed by atoms with Crippen molar-refractivity contribution in [2.45, 2.75) is 25.4 Å². The summed E-state index contributed by atoms with van der Waals surface area (Å²) in [4.78, 5) is 0. The van der Waals surface area contributed by atoms with Crippen LogP contribution >= 0.6 is 0 Å². The van der Waals surface area contributed by atoms with Gasteiger partial charge in [-0.15, -0.1) is 0 Å². The van der Waals surface area contributed by atoms with Crippen LogP contribution in [0.5, 0.6) is 0 Å². The van der Waals surface area contributed by atoms with Gasteiger partial charge in [-0.2, -0.15) is 0 Å². The minimum Gasteiger partial charge on any atom is -0.390 e. The Morgan fingerprint density at radius 3 is 2.88 bits per heavy atom. The number of hydrogen-bond donors (Lipinski definition) is 1. The third-order valence-electron chi connectivity index (χ3n) is 1.67. The highest BCUT2D eigenvalue weighted by molar-refractivity contribution is 6.22. The molecule has 1 nitrogen and oxygen atoms in total. The molecule has 0 aromatic carbocycles. The van der Waals surface area contributed by atoms with E-state index in [1.165, 1.54) is 0 Å². The largest absolute Gasteiger partial charge is 0.390 e. The average molecular weight is 110 g/mol. The van der Waals surface area contributed by atoms with E-state index in [1.807, 2.05) is 7.85 Å². The van der Waals surface area contributed by atoms with Crippen molar-refractivity contribution in [3.63, 3.8) is 0 Å². The third kappa shape index (κ3) is 1.13. The summed E-state index contributed by atoms with van der Waals surface area (Å²) >= 11 is 0. The molecule has 1 aliphatic carbocycles. The van der Waals surface area contributed by atoms with E-state index in [4.69, 9.17) is 5.11 Å². The maximum atomic E-state index is 9.11. The molecule has 0 saturated carbocycles. The molecule has 1 atom stereocenters. The third-order valence-corrected chi connectivity index (χ3v) is 1.67. The van der Waals surface area contributed by atoms with Crippen LogP contribution in [0.3, 0.4) is 0 Å². The van der Waals surface area contributed by atoms with Gasteiger partial charge in [0.25, 0.3) is 0 Å². The van der Waals surface area contributed by atoms with Crippen LogP contribution in [0.1, 0.15) is 19.3 Å². The minimum atomic E-state index is -0.135. The fraction of sp³-hybridized carbons (Fsp3) is 0.667. The summed E-state index contributed by atoms with van der Waals surface area (Å²) in [6.07, 6.45) is 5.25. The number of rotatable bonds is 0. The highest BCUT2D eigenvalue weighted by Crippen LogP contribution is 2.14. The molecule has 0 heterocycles. The SMILES string of the molecule is BC1=CCCC[C@H]1O. The topological polar surface area (TPSA) is 20.2 Å². The maximum absolute atomic E-state index is 9.11. The van der Waals surface area contributed by atoms with Crippen LogP contribution < -0.4 is 0 Å². The van der Waals surface area contributed by atoms with Gasteiger partial charge in [0.1, 0.15) is 7.85 Å². The molecule has 0 spiro atoms. The normalized spacial score (nSPS) is 29.6. The van der Waals surface area contributed by atoms with Crippen molar-refractivity contribution in [2.75, 3.05) is 0 Å². The lowest BCUT2D eigenvalue weighted by molar-refractivity contribution is 0.199. The van der Waals surface area contributed by atoms with Crippen molar-refractivity contribution in [3.8, 4) is 0 Å². The smallest absolute Gasteiger partial charge is 0.136 e. The van der Waals surface area contributed by atoms with Gasteiger partial charge in [-0.1, -0.05) is 11.5 Å². The summed E-state index contributed by atoms with van der Waals surface area (Å²) in [5, 5.41) is 9.11. The quantitative estimate of drug-likeness (QED) is 0.436. The Kier molecular flexibility index (Phi) is 1.74. The second-order valence-corrected chi connectivity index (χ2v) is 2.39. The number of aliphatic hydroxyl groups is 1. The lowest BCUT2D eigenvalue weighted by Gasteiger charge is -2.15. The number of allylic oxidation sites excluding steroid dienone is 1. The van der Waals surface area contributed by atoms with E-state index < -0.39 is 0 Å². The predicted molar refractivity (Wildman–Crippen MR) is 36.5 cm³/mol. The first-order chi connectivity index (χ1) is 3.80. The van der Waals surface area contributed by atoms with Crippen molar-refractivity contribution in [2.24, 2.45) is 0 Å². The van der Waals surface area contributed by atoms with E-state index in [0.29, 0.717) is 0 Å². The van der Waals surface area contributed by atoms with E-state index in [0.717, 1.165) is 24.7 Å². The monoisotopic (exact) mass is 110 g/mol. The van der Waals surface area contributed by atoms with E-state index in [-0.39, 0.29) is 6.10 Å². The summed E-state index contributed by atoms with van der Waals surface area (Å²) in [5.74, 6) is 0. The van der Waals surface area contributed by atoms with Gasteiger partial charge in [-0.25, -0.2) is 0 Å². The van der Waals surface area contributed by atoms with E-state index in [1.54, 1.807) is 0 Å². The van der Waals surface area contributed by atoms with Gasteiger partial charge in [0.05, 0.1) is 6.10 Å². The number of aliphatic hydroxyl groups excluding tert-OH is 1.